The van der Waals surface area contributed by atoms with Crippen LogP contribution in [0.2, 0.25) is 0 Å². The zero-order chi connectivity index (χ0) is 22.0. The second-order valence-electron chi connectivity index (χ2n) is 8.90. The summed E-state index contributed by atoms with van der Waals surface area (Å²) < 4.78 is 20.1. The first-order chi connectivity index (χ1) is 14.9. The first kappa shape index (κ1) is 21.6. The van der Waals surface area contributed by atoms with Crippen LogP contribution >= 0.6 is 0 Å². The lowest BCUT2D eigenvalue weighted by Gasteiger charge is -2.41. The van der Waals surface area contributed by atoms with Crippen molar-refractivity contribution in [1.29, 1.82) is 0 Å². The third-order valence-electron chi connectivity index (χ3n) is 6.81. The van der Waals surface area contributed by atoms with Gasteiger partial charge in [0.15, 0.2) is 0 Å². The maximum absolute atomic E-state index is 14.3. The number of amides is 3. The fraction of sp³-hybridized carbons (Fsp3) is 0.500. The zero-order valence-electron chi connectivity index (χ0n) is 18.1. The van der Waals surface area contributed by atoms with E-state index < -0.39 is 11.6 Å². The van der Waals surface area contributed by atoms with Crippen LogP contribution in [-0.4, -0.2) is 42.0 Å². The summed E-state index contributed by atoms with van der Waals surface area (Å²) in [4.78, 5) is 27.2. The van der Waals surface area contributed by atoms with Crippen LogP contribution in [0.1, 0.15) is 49.2 Å². The minimum atomic E-state index is -1.09. The molecule has 7 heteroatoms. The van der Waals surface area contributed by atoms with Gasteiger partial charge >= 0.3 is 6.03 Å². The SMILES string of the molecule is Cc1ccc(C(C)CCN2CCC(C3(Cc4ccccc4F)NC(=O)NC3=O)CC2)o1. The van der Waals surface area contributed by atoms with E-state index >= 15 is 0 Å². The Kier molecular flexibility index (Phi) is 6.14. The average Bonchev–Trinajstić information content (AvgIpc) is 3.31. The number of rotatable bonds is 7. The van der Waals surface area contributed by atoms with E-state index in [0.29, 0.717) is 11.5 Å². The number of halogens is 1. The molecular formula is C24H30FN3O3. The van der Waals surface area contributed by atoms with Crippen LogP contribution < -0.4 is 10.6 Å². The number of furan rings is 1. The number of urea groups is 1. The number of hydrogen-bond donors (Lipinski definition) is 2. The van der Waals surface area contributed by atoms with E-state index in [1.807, 2.05) is 19.1 Å². The van der Waals surface area contributed by atoms with E-state index in [0.717, 1.165) is 50.4 Å². The molecule has 2 fully saturated rings. The Labute approximate surface area is 182 Å². The predicted molar refractivity (Wildman–Crippen MR) is 115 cm³/mol. The summed E-state index contributed by atoms with van der Waals surface area (Å²) in [7, 11) is 0. The summed E-state index contributed by atoms with van der Waals surface area (Å²) in [5, 5.41) is 5.23. The number of carbonyl (C=O) groups is 2. The molecule has 0 radical (unpaired) electrons. The molecule has 0 bridgehead atoms. The third kappa shape index (κ3) is 4.51. The summed E-state index contributed by atoms with van der Waals surface area (Å²) in [5.41, 5.74) is -0.644. The summed E-state index contributed by atoms with van der Waals surface area (Å²) in [6.07, 6.45) is 2.71. The Morgan fingerprint density at radius 3 is 2.55 bits per heavy atom. The Balaban J connectivity index is 1.39. The van der Waals surface area contributed by atoms with Gasteiger partial charge in [0.25, 0.3) is 5.91 Å². The summed E-state index contributed by atoms with van der Waals surface area (Å²) in [6.45, 7) is 6.77. The molecule has 0 aliphatic carbocycles. The quantitative estimate of drug-likeness (QED) is 0.660. The fourth-order valence-corrected chi connectivity index (χ4v) is 4.89. The summed E-state index contributed by atoms with van der Waals surface area (Å²) >= 11 is 0. The standard InChI is InChI=1S/C24H30FN3O3/c1-16(21-8-7-17(2)31-21)9-12-28-13-10-19(11-14-28)24(22(29)26-23(30)27-24)15-18-5-3-4-6-20(18)25/h3-8,16,19H,9-15H2,1-2H3,(H2,26,27,29,30). The van der Waals surface area contributed by atoms with Crippen LogP contribution in [0.4, 0.5) is 9.18 Å². The van der Waals surface area contributed by atoms with Gasteiger partial charge in [0.1, 0.15) is 22.9 Å². The second kappa shape index (κ2) is 8.83. The molecule has 2 unspecified atom stereocenters. The molecule has 2 N–H and O–H groups in total. The maximum atomic E-state index is 14.3. The normalized spacial score (nSPS) is 23.6. The molecule has 6 nitrogen and oxygen atoms in total. The van der Waals surface area contributed by atoms with Crippen molar-refractivity contribution in [2.75, 3.05) is 19.6 Å². The Bertz CT molecular complexity index is 951. The van der Waals surface area contributed by atoms with E-state index in [9.17, 15) is 14.0 Å². The lowest BCUT2D eigenvalue weighted by atomic mass is 9.74. The second-order valence-corrected chi connectivity index (χ2v) is 8.90. The molecule has 1 aromatic carbocycles. The molecule has 2 atom stereocenters. The highest BCUT2D eigenvalue weighted by Gasteiger charge is 2.52. The van der Waals surface area contributed by atoms with Crippen molar-refractivity contribution >= 4 is 11.9 Å². The van der Waals surface area contributed by atoms with Gasteiger partial charge in [0.2, 0.25) is 0 Å². The summed E-state index contributed by atoms with van der Waals surface area (Å²) in [6, 6.07) is 10.00. The van der Waals surface area contributed by atoms with Gasteiger partial charge in [0.05, 0.1) is 0 Å². The average molecular weight is 428 g/mol. The Morgan fingerprint density at radius 2 is 1.94 bits per heavy atom. The first-order valence-corrected chi connectivity index (χ1v) is 11.0. The van der Waals surface area contributed by atoms with E-state index in [1.165, 1.54) is 6.07 Å². The van der Waals surface area contributed by atoms with Crippen molar-refractivity contribution in [1.82, 2.24) is 15.5 Å². The Morgan fingerprint density at radius 1 is 1.19 bits per heavy atom. The van der Waals surface area contributed by atoms with Crippen LogP contribution in [-0.2, 0) is 11.2 Å². The van der Waals surface area contributed by atoms with E-state index in [2.05, 4.69) is 22.5 Å². The maximum Gasteiger partial charge on any atom is 0.322 e. The highest BCUT2D eigenvalue weighted by atomic mass is 19.1. The van der Waals surface area contributed by atoms with Crippen LogP contribution in [0.25, 0.3) is 0 Å². The van der Waals surface area contributed by atoms with Crippen LogP contribution in [0, 0.1) is 18.7 Å². The number of hydrogen-bond acceptors (Lipinski definition) is 4. The molecule has 2 aliphatic rings. The predicted octanol–water partition coefficient (Wildman–Crippen LogP) is 3.75. The van der Waals surface area contributed by atoms with Gasteiger partial charge in [-0.15, -0.1) is 0 Å². The van der Waals surface area contributed by atoms with Crippen molar-refractivity contribution < 1.29 is 18.4 Å². The molecule has 2 aromatic rings. The van der Waals surface area contributed by atoms with Crippen molar-refractivity contribution in [3.63, 3.8) is 0 Å². The third-order valence-corrected chi connectivity index (χ3v) is 6.81. The lowest BCUT2D eigenvalue weighted by molar-refractivity contribution is -0.126. The molecule has 166 valence electrons. The molecule has 4 rings (SSSR count). The number of nitrogens with one attached hydrogen (secondary N) is 2. The molecule has 0 spiro atoms. The highest BCUT2D eigenvalue weighted by molar-refractivity contribution is 6.07. The van der Waals surface area contributed by atoms with Gasteiger partial charge in [-0.2, -0.15) is 0 Å². The molecule has 2 saturated heterocycles. The summed E-state index contributed by atoms with van der Waals surface area (Å²) in [5.74, 6) is 1.55. The van der Waals surface area contributed by atoms with Crippen LogP contribution in [0.5, 0.6) is 0 Å². The number of nitrogens with zero attached hydrogens (tertiary/aromatic N) is 1. The van der Waals surface area contributed by atoms with Crippen molar-refractivity contribution in [3.05, 3.63) is 59.3 Å². The molecule has 31 heavy (non-hydrogen) atoms. The number of piperidine rings is 1. The monoisotopic (exact) mass is 427 g/mol. The van der Waals surface area contributed by atoms with Gasteiger partial charge in [-0.1, -0.05) is 25.1 Å². The van der Waals surface area contributed by atoms with Crippen molar-refractivity contribution in [3.8, 4) is 0 Å². The molecule has 3 amide bonds. The van der Waals surface area contributed by atoms with Crippen molar-refractivity contribution in [2.45, 2.75) is 51.0 Å². The van der Waals surface area contributed by atoms with Crippen LogP contribution in [0.3, 0.4) is 0 Å². The van der Waals surface area contributed by atoms with Gasteiger partial charge in [-0.05, 0) is 75.5 Å². The molecule has 2 aliphatic heterocycles. The lowest BCUT2D eigenvalue weighted by Crippen LogP contribution is -2.57. The highest BCUT2D eigenvalue weighted by Crippen LogP contribution is 2.35. The molecule has 3 heterocycles. The van der Waals surface area contributed by atoms with E-state index in [4.69, 9.17) is 4.42 Å². The zero-order valence-corrected chi connectivity index (χ0v) is 18.1. The molecule has 0 saturated carbocycles. The smallest absolute Gasteiger partial charge is 0.322 e. The minimum Gasteiger partial charge on any atom is -0.466 e. The van der Waals surface area contributed by atoms with Gasteiger partial charge in [-0.3, -0.25) is 10.1 Å². The minimum absolute atomic E-state index is 0.0417. The van der Waals surface area contributed by atoms with E-state index in [1.54, 1.807) is 18.2 Å². The Hall–Kier alpha value is -2.67. The van der Waals surface area contributed by atoms with Crippen LogP contribution in [0.15, 0.2) is 40.8 Å². The molecule has 1 aromatic heterocycles. The number of carbonyl (C=O) groups excluding carboxylic acids is 2. The fourth-order valence-electron chi connectivity index (χ4n) is 4.89. The van der Waals surface area contributed by atoms with Crippen molar-refractivity contribution in [2.24, 2.45) is 5.92 Å². The topological polar surface area (TPSA) is 74.6 Å². The van der Waals surface area contributed by atoms with Gasteiger partial charge in [-0.25, -0.2) is 9.18 Å². The number of imide groups is 1. The largest absolute Gasteiger partial charge is 0.466 e. The van der Waals surface area contributed by atoms with Gasteiger partial charge in [0, 0.05) is 12.3 Å². The van der Waals surface area contributed by atoms with Gasteiger partial charge < -0.3 is 14.6 Å². The number of benzene rings is 1. The number of aryl methyl sites for hydroxylation is 1. The first-order valence-electron chi connectivity index (χ1n) is 11.0. The number of likely N-dealkylation sites (tertiary alicyclic amines) is 1. The molecular weight excluding hydrogens is 397 g/mol. The van der Waals surface area contributed by atoms with E-state index in [-0.39, 0.29) is 24.1 Å².